The fraction of sp³-hybridized carbons (Fsp3) is 0.208. The molecule has 1 aromatic heterocycles. The van der Waals surface area contributed by atoms with Gasteiger partial charge in [0.25, 0.3) is 5.91 Å². The maximum absolute atomic E-state index is 12.9. The van der Waals surface area contributed by atoms with E-state index in [1.807, 2.05) is 12.1 Å². The van der Waals surface area contributed by atoms with E-state index in [1.54, 1.807) is 66.9 Å². The van der Waals surface area contributed by atoms with Gasteiger partial charge in [-0.15, -0.1) is 6.58 Å². The van der Waals surface area contributed by atoms with E-state index >= 15 is 0 Å². The molecule has 0 aliphatic heterocycles. The molecule has 2 aromatic carbocycles. The highest BCUT2D eigenvalue weighted by Gasteiger charge is 2.23. The molecule has 0 fully saturated rings. The summed E-state index contributed by atoms with van der Waals surface area (Å²) in [7, 11) is -3.65. The summed E-state index contributed by atoms with van der Waals surface area (Å²) in [5, 5.41) is 2.89. The van der Waals surface area contributed by atoms with Crippen LogP contribution < -0.4 is 5.32 Å². The van der Waals surface area contributed by atoms with Crippen molar-refractivity contribution in [3.05, 3.63) is 103 Å². The molecular formula is C24H26N2O4S. The van der Waals surface area contributed by atoms with Gasteiger partial charge < -0.3 is 9.73 Å². The summed E-state index contributed by atoms with van der Waals surface area (Å²) in [5.41, 5.74) is 1.32. The molecule has 7 heteroatoms. The van der Waals surface area contributed by atoms with Crippen LogP contribution in [0.25, 0.3) is 0 Å². The first-order valence-corrected chi connectivity index (χ1v) is 11.5. The molecule has 0 aliphatic carbocycles. The average molecular weight is 439 g/mol. The first kappa shape index (κ1) is 22.5. The van der Waals surface area contributed by atoms with E-state index in [0.717, 1.165) is 24.2 Å². The van der Waals surface area contributed by atoms with E-state index in [0.29, 0.717) is 12.1 Å². The van der Waals surface area contributed by atoms with E-state index < -0.39 is 10.0 Å². The zero-order chi connectivity index (χ0) is 22.1. The molecule has 162 valence electrons. The first-order chi connectivity index (χ1) is 15.0. The molecule has 0 unspecified atom stereocenters. The van der Waals surface area contributed by atoms with Gasteiger partial charge in [0, 0.05) is 31.6 Å². The highest BCUT2D eigenvalue weighted by atomic mass is 32.2. The van der Waals surface area contributed by atoms with Crippen LogP contribution in [-0.2, 0) is 23.0 Å². The third kappa shape index (κ3) is 6.16. The lowest BCUT2D eigenvalue weighted by molar-refractivity contribution is 0.0953. The van der Waals surface area contributed by atoms with Crippen LogP contribution in [0.15, 0.2) is 95.0 Å². The summed E-state index contributed by atoms with van der Waals surface area (Å²) < 4.78 is 32.5. The van der Waals surface area contributed by atoms with Gasteiger partial charge in [0.15, 0.2) is 0 Å². The second kappa shape index (κ2) is 10.7. The smallest absolute Gasteiger partial charge is 0.251 e. The quantitative estimate of drug-likeness (QED) is 0.362. The van der Waals surface area contributed by atoms with E-state index in [9.17, 15) is 13.2 Å². The molecule has 0 saturated carbocycles. The Bertz CT molecular complexity index is 1080. The molecule has 1 amide bonds. The lowest BCUT2D eigenvalue weighted by atomic mass is 10.1. The molecule has 0 saturated heterocycles. The summed E-state index contributed by atoms with van der Waals surface area (Å²) in [6, 6.07) is 19.0. The van der Waals surface area contributed by atoms with Gasteiger partial charge in [-0.2, -0.15) is 4.31 Å². The minimum atomic E-state index is -3.65. The number of carbonyl (C=O) groups excluding carboxylic acids is 1. The summed E-state index contributed by atoms with van der Waals surface area (Å²) in [6.07, 6.45) is 4.74. The number of rotatable bonds is 11. The van der Waals surface area contributed by atoms with Crippen LogP contribution in [0.5, 0.6) is 0 Å². The summed E-state index contributed by atoms with van der Waals surface area (Å²) >= 11 is 0. The van der Waals surface area contributed by atoms with Crippen LogP contribution in [-0.4, -0.2) is 31.7 Å². The maximum atomic E-state index is 12.9. The van der Waals surface area contributed by atoms with Crippen molar-refractivity contribution in [2.24, 2.45) is 0 Å². The highest BCUT2D eigenvalue weighted by Crippen LogP contribution is 2.18. The molecule has 1 heterocycles. The van der Waals surface area contributed by atoms with Crippen LogP contribution in [0.1, 0.15) is 28.1 Å². The highest BCUT2D eigenvalue weighted by molar-refractivity contribution is 7.89. The summed E-state index contributed by atoms with van der Waals surface area (Å²) in [6.45, 7) is 4.60. The van der Waals surface area contributed by atoms with E-state index in [4.69, 9.17) is 4.42 Å². The Labute approximate surface area is 183 Å². The topological polar surface area (TPSA) is 79.6 Å². The van der Waals surface area contributed by atoms with Crippen molar-refractivity contribution in [1.82, 2.24) is 9.62 Å². The monoisotopic (exact) mass is 438 g/mol. The van der Waals surface area contributed by atoms with E-state index in [2.05, 4.69) is 11.9 Å². The number of nitrogens with one attached hydrogen (secondary N) is 1. The van der Waals surface area contributed by atoms with Crippen LogP contribution in [0.2, 0.25) is 0 Å². The molecule has 0 aliphatic rings. The zero-order valence-electron chi connectivity index (χ0n) is 17.2. The maximum Gasteiger partial charge on any atom is 0.251 e. The summed E-state index contributed by atoms with van der Waals surface area (Å²) in [4.78, 5) is 12.6. The number of amides is 1. The van der Waals surface area contributed by atoms with Crippen LogP contribution in [0.4, 0.5) is 0 Å². The minimum absolute atomic E-state index is 0.161. The molecule has 0 spiro atoms. The van der Waals surface area contributed by atoms with Gasteiger partial charge in [-0.25, -0.2) is 8.42 Å². The van der Waals surface area contributed by atoms with Crippen molar-refractivity contribution in [1.29, 1.82) is 0 Å². The second-order valence-electron chi connectivity index (χ2n) is 7.04. The number of nitrogens with zero attached hydrogens (tertiary/aromatic N) is 1. The first-order valence-electron chi connectivity index (χ1n) is 10.1. The van der Waals surface area contributed by atoms with Gasteiger partial charge in [0.1, 0.15) is 5.76 Å². The van der Waals surface area contributed by atoms with Crippen molar-refractivity contribution in [2.75, 3.05) is 13.1 Å². The van der Waals surface area contributed by atoms with Crippen LogP contribution in [0, 0.1) is 0 Å². The predicted octanol–water partition coefficient (Wildman–Crippen LogP) is 4.02. The molecule has 3 rings (SSSR count). The molecule has 0 radical (unpaired) electrons. The van der Waals surface area contributed by atoms with Gasteiger partial charge in [-0.1, -0.05) is 36.4 Å². The molecular weight excluding hydrogens is 412 g/mol. The minimum Gasteiger partial charge on any atom is -0.469 e. The van der Waals surface area contributed by atoms with Gasteiger partial charge in [0.2, 0.25) is 10.0 Å². The van der Waals surface area contributed by atoms with Crippen LogP contribution in [0.3, 0.4) is 0 Å². The number of aryl methyl sites for hydroxylation is 1. The van der Waals surface area contributed by atoms with Crippen molar-refractivity contribution < 1.29 is 17.6 Å². The van der Waals surface area contributed by atoms with Crippen molar-refractivity contribution in [3.63, 3.8) is 0 Å². The molecule has 3 aromatic rings. The number of hydrogen-bond acceptors (Lipinski definition) is 4. The second-order valence-corrected chi connectivity index (χ2v) is 8.97. The Morgan fingerprint density at radius 1 is 1.03 bits per heavy atom. The Balaban J connectivity index is 1.59. The van der Waals surface area contributed by atoms with Gasteiger partial charge in [0.05, 0.1) is 11.2 Å². The Morgan fingerprint density at radius 3 is 2.42 bits per heavy atom. The Kier molecular flexibility index (Phi) is 7.81. The van der Waals surface area contributed by atoms with E-state index in [1.165, 1.54) is 4.31 Å². The van der Waals surface area contributed by atoms with Crippen molar-refractivity contribution in [2.45, 2.75) is 24.3 Å². The average Bonchev–Trinajstić information content (AvgIpc) is 3.31. The molecule has 0 atom stereocenters. The predicted molar refractivity (Wildman–Crippen MR) is 120 cm³/mol. The summed E-state index contributed by atoms with van der Waals surface area (Å²) in [5.74, 6) is 0.735. The van der Waals surface area contributed by atoms with Gasteiger partial charge in [-0.05, 0) is 48.4 Å². The van der Waals surface area contributed by atoms with Crippen molar-refractivity contribution in [3.8, 4) is 0 Å². The number of carbonyl (C=O) groups is 1. The molecule has 6 nitrogen and oxygen atoms in total. The number of hydrogen-bond donors (Lipinski definition) is 1. The fourth-order valence-electron chi connectivity index (χ4n) is 3.12. The number of furan rings is 1. The SMILES string of the molecule is C=CCN(Cc1ccc(C(=O)NCCCc2ccco2)cc1)S(=O)(=O)c1ccccc1. The van der Waals surface area contributed by atoms with Crippen molar-refractivity contribution >= 4 is 15.9 Å². The van der Waals surface area contributed by atoms with Gasteiger partial charge >= 0.3 is 0 Å². The Hall–Kier alpha value is -3.16. The largest absolute Gasteiger partial charge is 0.469 e. The van der Waals surface area contributed by atoms with Crippen LogP contribution >= 0.6 is 0 Å². The fourth-order valence-corrected chi connectivity index (χ4v) is 4.54. The number of benzene rings is 2. The molecule has 0 bridgehead atoms. The standard InChI is InChI=1S/C24H26N2O4S/c1-2-17-26(31(28,29)23-10-4-3-5-11-23)19-20-12-14-21(15-13-20)24(27)25-16-6-8-22-9-7-18-30-22/h2-5,7,9-15,18H,1,6,8,16-17,19H2,(H,25,27). The third-order valence-corrected chi connectivity index (χ3v) is 6.58. The van der Waals surface area contributed by atoms with E-state index in [-0.39, 0.29) is 23.9 Å². The zero-order valence-corrected chi connectivity index (χ0v) is 18.1. The molecule has 1 N–H and O–H groups in total. The normalized spacial score (nSPS) is 11.4. The van der Waals surface area contributed by atoms with Gasteiger partial charge in [-0.3, -0.25) is 4.79 Å². The lowest BCUT2D eigenvalue weighted by Crippen LogP contribution is -2.31. The number of sulfonamides is 1. The Morgan fingerprint density at radius 2 is 1.77 bits per heavy atom. The third-order valence-electron chi connectivity index (χ3n) is 4.75. The molecule has 31 heavy (non-hydrogen) atoms. The lowest BCUT2D eigenvalue weighted by Gasteiger charge is -2.21.